The van der Waals surface area contributed by atoms with E-state index in [1.807, 2.05) is 41.3 Å². The first-order valence-corrected chi connectivity index (χ1v) is 12.0. The molecule has 35 heavy (non-hydrogen) atoms. The quantitative estimate of drug-likeness (QED) is 0.588. The molecule has 0 bridgehead atoms. The van der Waals surface area contributed by atoms with Gasteiger partial charge >= 0.3 is 6.09 Å². The minimum atomic E-state index is -0.263. The molecule has 1 amide bonds. The van der Waals surface area contributed by atoms with E-state index in [-0.39, 0.29) is 24.8 Å². The molecular formula is C26H31N5O4. The molecule has 2 heterocycles. The van der Waals surface area contributed by atoms with E-state index < -0.39 is 0 Å². The van der Waals surface area contributed by atoms with Gasteiger partial charge in [-0.15, -0.1) is 0 Å². The van der Waals surface area contributed by atoms with E-state index in [1.54, 1.807) is 20.3 Å². The number of benzene rings is 2. The summed E-state index contributed by atoms with van der Waals surface area (Å²) in [6, 6.07) is 13.5. The van der Waals surface area contributed by atoms with Crippen molar-refractivity contribution in [1.29, 1.82) is 0 Å². The van der Waals surface area contributed by atoms with Gasteiger partial charge in [-0.05, 0) is 24.5 Å². The average Bonchev–Trinajstić information content (AvgIpc) is 2.90. The zero-order valence-electron chi connectivity index (χ0n) is 20.1. The van der Waals surface area contributed by atoms with Crippen molar-refractivity contribution < 1.29 is 19.0 Å². The zero-order chi connectivity index (χ0) is 24.4. The maximum Gasteiger partial charge on any atom is 0.410 e. The Hall–Kier alpha value is -3.75. The van der Waals surface area contributed by atoms with E-state index in [9.17, 15) is 4.79 Å². The third-order valence-electron chi connectivity index (χ3n) is 6.99. The zero-order valence-corrected chi connectivity index (χ0v) is 20.1. The number of nitrogens with two attached hydrogens (primary N) is 1. The highest BCUT2D eigenvalue weighted by Gasteiger charge is 2.42. The van der Waals surface area contributed by atoms with Crippen molar-refractivity contribution in [3.8, 4) is 11.5 Å². The van der Waals surface area contributed by atoms with Crippen LogP contribution in [0.15, 0.2) is 42.5 Å². The number of ether oxygens (including phenoxy) is 3. The largest absolute Gasteiger partial charge is 0.493 e. The summed E-state index contributed by atoms with van der Waals surface area (Å²) in [6.45, 7) is 1.43. The Bertz CT molecular complexity index is 1210. The Kier molecular flexibility index (Phi) is 6.48. The first kappa shape index (κ1) is 23.0. The number of hydrogen-bond donors (Lipinski definition) is 1. The second-order valence-electron chi connectivity index (χ2n) is 8.98. The summed E-state index contributed by atoms with van der Waals surface area (Å²) in [6.07, 6.45) is 3.80. The Morgan fingerprint density at radius 1 is 1.00 bits per heavy atom. The SMILES string of the molecule is COc1cc2nc(N3CCN(C(=O)OCc4ccccc4)[C@@H]4CCCC[C@@H]43)nc(N)c2cc1OC. The van der Waals surface area contributed by atoms with Crippen molar-refractivity contribution in [2.45, 2.75) is 44.4 Å². The number of hydrogen-bond acceptors (Lipinski definition) is 8. The Morgan fingerprint density at radius 3 is 2.46 bits per heavy atom. The highest BCUT2D eigenvalue weighted by molar-refractivity contribution is 5.91. The first-order valence-electron chi connectivity index (χ1n) is 12.0. The van der Waals surface area contributed by atoms with Crippen molar-refractivity contribution in [1.82, 2.24) is 14.9 Å². The van der Waals surface area contributed by atoms with E-state index >= 15 is 0 Å². The molecule has 2 fully saturated rings. The van der Waals surface area contributed by atoms with E-state index in [0.717, 1.165) is 36.6 Å². The number of aromatic nitrogens is 2. The van der Waals surface area contributed by atoms with Crippen LogP contribution in [0.5, 0.6) is 11.5 Å². The molecule has 0 spiro atoms. The van der Waals surface area contributed by atoms with Crippen LogP contribution in [0, 0.1) is 0 Å². The molecule has 1 aromatic heterocycles. The van der Waals surface area contributed by atoms with Crippen molar-refractivity contribution >= 4 is 28.8 Å². The van der Waals surface area contributed by atoms with E-state index in [1.165, 1.54) is 0 Å². The van der Waals surface area contributed by atoms with Gasteiger partial charge in [0.25, 0.3) is 0 Å². The van der Waals surface area contributed by atoms with Crippen LogP contribution in [0.3, 0.4) is 0 Å². The van der Waals surface area contributed by atoms with Crippen molar-refractivity contribution in [3.63, 3.8) is 0 Å². The van der Waals surface area contributed by atoms with Gasteiger partial charge in [-0.2, -0.15) is 4.98 Å². The van der Waals surface area contributed by atoms with Gasteiger partial charge in [0, 0.05) is 24.5 Å². The number of anilines is 2. The fraction of sp³-hybridized carbons (Fsp3) is 0.423. The minimum absolute atomic E-state index is 0.0479. The number of rotatable bonds is 5. The number of nitrogens with zero attached hydrogens (tertiary/aromatic N) is 4. The molecule has 2 N–H and O–H groups in total. The molecular weight excluding hydrogens is 446 g/mol. The molecule has 1 saturated heterocycles. The number of nitrogen functional groups attached to an aromatic ring is 1. The van der Waals surface area contributed by atoms with Crippen LogP contribution in [0.4, 0.5) is 16.6 Å². The normalized spacial score (nSPS) is 19.8. The monoisotopic (exact) mass is 477 g/mol. The predicted molar refractivity (Wildman–Crippen MR) is 134 cm³/mol. The van der Waals surface area contributed by atoms with Crippen LogP contribution < -0.4 is 20.1 Å². The maximum absolute atomic E-state index is 13.0. The Balaban J connectivity index is 1.39. The fourth-order valence-electron chi connectivity index (χ4n) is 5.24. The number of amides is 1. The Labute approximate surface area is 204 Å². The highest BCUT2D eigenvalue weighted by atomic mass is 16.6. The van der Waals surface area contributed by atoms with Crippen molar-refractivity contribution in [3.05, 3.63) is 48.0 Å². The lowest BCUT2D eigenvalue weighted by Gasteiger charge is -2.49. The summed E-state index contributed by atoms with van der Waals surface area (Å²) in [5.41, 5.74) is 8.03. The van der Waals surface area contributed by atoms with Gasteiger partial charge in [-0.3, -0.25) is 0 Å². The van der Waals surface area contributed by atoms with Crippen LogP contribution in [-0.2, 0) is 11.3 Å². The van der Waals surface area contributed by atoms with Crippen molar-refractivity contribution in [2.24, 2.45) is 0 Å². The molecule has 0 unspecified atom stereocenters. The topological polar surface area (TPSA) is 103 Å². The first-order chi connectivity index (χ1) is 17.1. The molecule has 2 aliphatic rings. The summed E-state index contributed by atoms with van der Waals surface area (Å²) in [5, 5.41) is 0.717. The van der Waals surface area contributed by atoms with E-state index in [2.05, 4.69) is 9.88 Å². The molecule has 9 heteroatoms. The molecule has 5 rings (SSSR count). The minimum Gasteiger partial charge on any atom is -0.493 e. The smallest absolute Gasteiger partial charge is 0.410 e. The van der Waals surface area contributed by atoms with Crippen LogP contribution in [0.25, 0.3) is 10.9 Å². The molecule has 2 atom stereocenters. The molecule has 0 radical (unpaired) electrons. The second kappa shape index (κ2) is 9.85. The second-order valence-corrected chi connectivity index (χ2v) is 8.98. The molecule has 9 nitrogen and oxygen atoms in total. The van der Waals surface area contributed by atoms with Gasteiger partial charge < -0.3 is 29.7 Å². The van der Waals surface area contributed by atoms with Gasteiger partial charge in [0.15, 0.2) is 11.5 Å². The number of carbonyl (C=O) groups is 1. The molecule has 184 valence electrons. The van der Waals surface area contributed by atoms with Gasteiger partial charge in [0.2, 0.25) is 5.95 Å². The number of methoxy groups -OCH3 is 2. The predicted octanol–water partition coefficient (Wildman–Crippen LogP) is 4.00. The highest BCUT2D eigenvalue weighted by Crippen LogP contribution is 2.37. The average molecular weight is 478 g/mol. The van der Waals surface area contributed by atoms with E-state index in [4.69, 9.17) is 24.9 Å². The summed E-state index contributed by atoms with van der Waals surface area (Å²) >= 11 is 0. The number of fused-ring (bicyclic) bond motifs is 2. The number of carbonyl (C=O) groups excluding carboxylic acids is 1. The molecule has 3 aromatic rings. The summed E-state index contributed by atoms with van der Waals surface area (Å²) in [4.78, 5) is 26.6. The van der Waals surface area contributed by atoms with Gasteiger partial charge in [-0.1, -0.05) is 43.2 Å². The lowest BCUT2D eigenvalue weighted by molar-refractivity contribution is 0.0556. The lowest BCUT2D eigenvalue weighted by atomic mass is 9.86. The fourth-order valence-corrected chi connectivity index (χ4v) is 5.24. The maximum atomic E-state index is 13.0. The molecule has 1 aliphatic heterocycles. The molecule has 1 aliphatic carbocycles. The van der Waals surface area contributed by atoms with Crippen LogP contribution in [0.1, 0.15) is 31.2 Å². The third-order valence-corrected chi connectivity index (χ3v) is 6.99. The summed E-state index contributed by atoms with van der Waals surface area (Å²) in [7, 11) is 3.18. The van der Waals surface area contributed by atoms with Gasteiger partial charge in [0.05, 0.1) is 31.8 Å². The van der Waals surface area contributed by atoms with E-state index in [0.29, 0.717) is 41.9 Å². The summed E-state index contributed by atoms with van der Waals surface area (Å²) in [5.74, 6) is 2.14. The lowest BCUT2D eigenvalue weighted by Crippen LogP contribution is -2.62. The van der Waals surface area contributed by atoms with Crippen molar-refractivity contribution in [2.75, 3.05) is 37.9 Å². The van der Waals surface area contributed by atoms with Crippen LogP contribution >= 0.6 is 0 Å². The van der Waals surface area contributed by atoms with Crippen LogP contribution in [0.2, 0.25) is 0 Å². The number of piperazine rings is 1. The molecule has 1 saturated carbocycles. The van der Waals surface area contributed by atoms with Gasteiger partial charge in [-0.25, -0.2) is 9.78 Å². The third kappa shape index (κ3) is 4.50. The standard InChI is InChI=1S/C26H31N5O4/c1-33-22-14-18-19(15-23(22)34-2)28-25(29-24(18)27)30-12-13-31(21-11-7-6-10-20(21)30)26(32)35-16-17-8-4-3-5-9-17/h3-5,8-9,14-15,20-21H,6-7,10-13,16H2,1-2H3,(H2,27,28,29)/t20-,21+/m0/s1. The summed E-state index contributed by atoms with van der Waals surface area (Å²) < 4.78 is 16.5. The van der Waals surface area contributed by atoms with Crippen LogP contribution in [-0.4, -0.2) is 60.4 Å². The Morgan fingerprint density at radius 2 is 1.71 bits per heavy atom. The molecule has 2 aromatic carbocycles. The van der Waals surface area contributed by atoms with Gasteiger partial charge in [0.1, 0.15) is 12.4 Å².